The summed E-state index contributed by atoms with van der Waals surface area (Å²) in [6.45, 7) is 2.64. The number of imidazole rings is 1. The molecule has 0 spiro atoms. The predicted molar refractivity (Wildman–Crippen MR) is 98.3 cm³/mol. The van der Waals surface area contributed by atoms with Crippen LogP contribution in [0.2, 0.25) is 0 Å². The van der Waals surface area contributed by atoms with Crippen molar-refractivity contribution in [2.24, 2.45) is 0 Å². The monoisotopic (exact) mass is 351 g/mol. The Bertz CT molecular complexity index is 962. The van der Waals surface area contributed by atoms with Crippen LogP contribution in [-0.2, 0) is 5.75 Å². The van der Waals surface area contributed by atoms with Crippen molar-refractivity contribution < 1.29 is 9.26 Å². The fourth-order valence-corrected chi connectivity index (χ4v) is 3.58. The summed E-state index contributed by atoms with van der Waals surface area (Å²) < 4.78 is 12.6. The molecule has 0 radical (unpaired) electrons. The number of aromatic nitrogens is 3. The third-order valence-electron chi connectivity index (χ3n) is 3.78. The minimum absolute atomic E-state index is 0.659. The van der Waals surface area contributed by atoms with Crippen LogP contribution in [0.3, 0.4) is 0 Å². The summed E-state index contributed by atoms with van der Waals surface area (Å²) in [6.07, 6.45) is 1.59. The number of fused-ring (bicyclic) bond motifs is 1. The van der Waals surface area contributed by atoms with Gasteiger partial charge in [0.2, 0.25) is 0 Å². The molecule has 6 heteroatoms. The molecule has 0 amide bonds. The van der Waals surface area contributed by atoms with Crippen molar-refractivity contribution in [2.45, 2.75) is 17.8 Å². The van der Waals surface area contributed by atoms with E-state index >= 15 is 0 Å². The molecule has 0 saturated heterocycles. The Morgan fingerprint density at radius 2 is 1.92 bits per heavy atom. The normalized spacial score (nSPS) is 11.1. The zero-order valence-corrected chi connectivity index (χ0v) is 14.6. The standard InChI is InChI=1S/C19H17N3O2S/c1-2-23-16-9-7-15(8-10-16)22-18-6-4-3-5-17(18)20-19(22)25-13-14-11-12-24-21-14/h3-12H,2,13H2,1H3. The molecule has 0 bridgehead atoms. The molecule has 0 atom stereocenters. The summed E-state index contributed by atoms with van der Waals surface area (Å²) in [6, 6.07) is 18.1. The molecule has 0 aliphatic heterocycles. The molecule has 4 aromatic rings. The van der Waals surface area contributed by atoms with Gasteiger partial charge in [-0.1, -0.05) is 29.1 Å². The number of para-hydroxylation sites is 2. The largest absolute Gasteiger partial charge is 0.494 e. The molecule has 2 aromatic carbocycles. The molecule has 0 saturated carbocycles. The molecule has 126 valence electrons. The van der Waals surface area contributed by atoms with Crippen LogP contribution in [0.25, 0.3) is 16.7 Å². The molecule has 4 rings (SSSR count). The molecule has 0 aliphatic carbocycles. The van der Waals surface area contributed by atoms with Crippen molar-refractivity contribution in [3.8, 4) is 11.4 Å². The van der Waals surface area contributed by atoms with E-state index in [1.807, 2.05) is 43.3 Å². The van der Waals surface area contributed by atoms with Gasteiger partial charge in [0.1, 0.15) is 12.0 Å². The second kappa shape index (κ2) is 7.03. The summed E-state index contributed by atoms with van der Waals surface area (Å²) in [5.41, 5.74) is 4.00. The van der Waals surface area contributed by atoms with Gasteiger partial charge in [-0.05, 0) is 43.3 Å². The molecule has 0 aliphatic rings. The van der Waals surface area contributed by atoms with Gasteiger partial charge in [0.15, 0.2) is 5.16 Å². The smallest absolute Gasteiger partial charge is 0.174 e. The lowest BCUT2D eigenvalue weighted by Crippen LogP contribution is -1.97. The van der Waals surface area contributed by atoms with Gasteiger partial charge in [0, 0.05) is 17.5 Å². The maximum Gasteiger partial charge on any atom is 0.174 e. The van der Waals surface area contributed by atoms with Gasteiger partial charge in [-0.25, -0.2) is 4.98 Å². The van der Waals surface area contributed by atoms with Crippen LogP contribution in [0.1, 0.15) is 12.6 Å². The van der Waals surface area contributed by atoms with Crippen molar-refractivity contribution in [3.63, 3.8) is 0 Å². The van der Waals surface area contributed by atoms with Gasteiger partial charge in [-0.3, -0.25) is 4.57 Å². The van der Waals surface area contributed by atoms with Gasteiger partial charge in [0.25, 0.3) is 0 Å². The first kappa shape index (κ1) is 15.8. The Morgan fingerprint density at radius 3 is 2.68 bits per heavy atom. The minimum atomic E-state index is 0.659. The number of nitrogens with zero attached hydrogens (tertiary/aromatic N) is 3. The highest BCUT2D eigenvalue weighted by atomic mass is 32.2. The quantitative estimate of drug-likeness (QED) is 0.471. The zero-order chi connectivity index (χ0) is 17.1. The molecule has 0 unspecified atom stereocenters. The number of benzene rings is 2. The third kappa shape index (κ3) is 3.25. The van der Waals surface area contributed by atoms with E-state index in [0.717, 1.165) is 33.3 Å². The molecule has 0 N–H and O–H groups in total. The molecule has 5 nitrogen and oxygen atoms in total. The van der Waals surface area contributed by atoms with E-state index in [-0.39, 0.29) is 0 Å². The summed E-state index contributed by atoms with van der Waals surface area (Å²) in [5.74, 6) is 1.57. The number of rotatable bonds is 6. The third-order valence-corrected chi connectivity index (χ3v) is 4.75. The van der Waals surface area contributed by atoms with Gasteiger partial charge in [-0.15, -0.1) is 0 Å². The van der Waals surface area contributed by atoms with E-state index in [1.54, 1.807) is 18.0 Å². The highest BCUT2D eigenvalue weighted by Crippen LogP contribution is 2.30. The van der Waals surface area contributed by atoms with Gasteiger partial charge in [0.05, 0.1) is 23.3 Å². The highest BCUT2D eigenvalue weighted by Gasteiger charge is 2.13. The summed E-state index contributed by atoms with van der Waals surface area (Å²) in [7, 11) is 0. The van der Waals surface area contributed by atoms with E-state index in [0.29, 0.717) is 12.4 Å². The fraction of sp³-hybridized carbons (Fsp3) is 0.158. The van der Waals surface area contributed by atoms with Crippen LogP contribution in [0.4, 0.5) is 0 Å². The number of hydrogen-bond donors (Lipinski definition) is 0. The second-order valence-corrected chi connectivity index (χ2v) is 6.37. The van der Waals surface area contributed by atoms with Gasteiger partial charge >= 0.3 is 0 Å². The van der Waals surface area contributed by atoms with E-state index in [9.17, 15) is 0 Å². The first-order chi connectivity index (χ1) is 12.3. The Morgan fingerprint density at radius 1 is 1.08 bits per heavy atom. The molecule has 2 heterocycles. The summed E-state index contributed by atoms with van der Waals surface area (Å²) >= 11 is 1.64. The van der Waals surface area contributed by atoms with Crippen LogP contribution < -0.4 is 4.74 Å². The van der Waals surface area contributed by atoms with E-state index in [2.05, 4.69) is 27.9 Å². The van der Waals surface area contributed by atoms with E-state index in [1.165, 1.54) is 0 Å². The van der Waals surface area contributed by atoms with Gasteiger partial charge in [-0.2, -0.15) is 0 Å². The number of hydrogen-bond acceptors (Lipinski definition) is 5. The Balaban J connectivity index is 1.73. The molecular formula is C19H17N3O2S. The Labute approximate surface area is 149 Å². The van der Waals surface area contributed by atoms with Crippen molar-refractivity contribution in [1.82, 2.24) is 14.7 Å². The predicted octanol–water partition coefficient (Wildman–Crippen LogP) is 4.70. The first-order valence-electron chi connectivity index (χ1n) is 8.08. The van der Waals surface area contributed by atoms with Crippen molar-refractivity contribution in [1.29, 1.82) is 0 Å². The lowest BCUT2D eigenvalue weighted by atomic mass is 10.2. The maximum atomic E-state index is 5.54. The number of thioether (sulfide) groups is 1. The fourth-order valence-electron chi connectivity index (χ4n) is 2.66. The highest BCUT2D eigenvalue weighted by molar-refractivity contribution is 7.98. The van der Waals surface area contributed by atoms with Crippen molar-refractivity contribution >= 4 is 22.8 Å². The molecular weight excluding hydrogens is 334 g/mol. The van der Waals surface area contributed by atoms with Crippen LogP contribution in [0.5, 0.6) is 5.75 Å². The molecule has 0 fully saturated rings. The molecule has 25 heavy (non-hydrogen) atoms. The Hall–Kier alpha value is -2.73. The lowest BCUT2D eigenvalue weighted by Gasteiger charge is -2.10. The van der Waals surface area contributed by atoms with Crippen LogP contribution in [-0.4, -0.2) is 21.3 Å². The topological polar surface area (TPSA) is 53.1 Å². The first-order valence-corrected chi connectivity index (χ1v) is 9.06. The summed E-state index contributed by atoms with van der Waals surface area (Å²) in [5, 5.41) is 4.89. The molecule has 2 aromatic heterocycles. The Kier molecular flexibility index (Phi) is 4.43. The van der Waals surface area contributed by atoms with E-state index in [4.69, 9.17) is 14.2 Å². The SMILES string of the molecule is CCOc1ccc(-n2c(SCc3ccon3)nc3ccccc32)cc1. The second-order valence-electron chi connectivity index (χ2n) is 5.42. The average Bonchev–Trinajstić information content (AvgIpc) is 3.28. The van der Waals surface area contributed by atoms with Gasteiger partial charge < -0.3 is 9.26 Å². The van der Waals surface area contributed by atoms with Crippen LogP contribution >= 0.6 is 11.8 Å². The lowest BCUT2D eigenvalue weighted by molar-refractivity contribution is 0.340. The van der Waals surface area contributed by atoms with Crippen LogP contribution in [0, 0.1) is 0 Å². The maximum absolute atomic E-state index is 5.54. The number of ether oxygens (including phenoxy) is 1. The zero-order valence-electron chi connectivity index (χ0n) is 13.8. The van der Waals surface area contributed by atoms with Crippen molar-refractivity contribution in [3.05, 3.63) is 66.6 Å². The van der Waals surface area contributed by atoms with Crippen molar-refractivity contribution in [2.75, 3.05) is 6.61 Å². The summed E-state index contributed by atoms with van der Waals surface area (Å²) in [4.78, 5) is 4.78. The van der Waals surface area contributed by atoms with Crippen LogP contribution in [0.15, 0.2) is 70.5 Å². The minimum Gasteiger partial charge on any atom is -0.494 e. The van der Waals surface area contributed by atoms with E-state index < -0.39 is 0 Å². The average molecular weight is 351 g/mol.